The molecule has 0 spiro atoms. The van der Waals surface area contributed by atoms with Crippen LogP contribution in [0.5, 0.6) is 5.75 Å². The molecule has 3 aromatic carbocycles. The molecule has 0 fully saturated rings. The second kappa shape index (κ2) is 7.03. The molecule has 0 saturated heterocycles. The van der Waals surface area contributed by atoms with Gasteiger partial charge in [-0.15, -0.1) is 11.6 Å². The maximum atomic E-state index is 12.3. The van der Waals surface area contributed by atoms with Gasteiger partial charge in [0.1, 0.15) is 5.75 Å². The summed E-state index contributed by atoms with van der Waals surface area (Å²) in [6.07, 6.45) is 0. The summed E-state index contributed by atoms with van der Waals surface area (Å²) < 4.78 is 5.66. The zero-order chi connectivity index (χ0) is 20.8. The van der Waals surface area contributed by atoms with Crippen LogP contribution in [0.3, 0.4) is 0 Å². The number of fused-ring (bicyclic) bond motifs is 1. The summed E-state index contributed by atoms with van der Waals surface area (Å²) in [6.45, 7) is 8.72. The van der Waals surface area contributed by atoms with Gasteiger partial charge in [-0.2, -0.15) is 0 Å². The van der Waals surface area contributed by atoms with Crippen molar-refractivity contribution in [2.24, 2.45) is 0 Å². The monoisotopic (exact) mass is 404 g/mol. The quantitative estimate of drug-likeness (QED) is 0.280. The van der Waals surface area contributed by atoms with Gasteiger partial charge in [-0.05, 0) is 22.8 Å². The van der Waals surface area contributed by atoms with Gasteiger partial charge < -0.3 is 4.74 Å². The first-order chi connectivity index (χ1) is 13.7. The van der Waals surface area contributed by atoms with Crippen LogP contribution < -0.4 is 4.74 Å². The summed E-state index contributed by atoms with van der Waals surface area (Å²) in [6, 6.07) is 24.9. The lowest BCUT2D eigenvalue weighted by atomic mass is 9.72. The van der Waals surface area contributed by atoms with Crippen molar-refractivity contribution >= 4 is 17.6 Å². The minimum atomic E-state index is -0.776. The van der Waals surface area contributed by atoms with Crippen LogP contribution in [-0.2, 0) is 15.6 Å². The number of esters is 1. The van der Waals surface area contributed by atoms with E-state index in [1.54, 1.807) is 0 Å². The van der Waals surface area contributed by atoms with Crippen molar-refractivity contribution in [3.8, 4) is 5.75 Å². The summed E-state index contributed by atoms with van der Waals surface area (Å²) in [5.74, 6) is 0.206. The van der Waals surface area contributed by atoms with Crippen LogP contribution in [0.1, 0.15) is 60.9 Å². The Morgan fingerprint density at radius 3 is 1.83 bits per heavy atom. The third kappa shape index (κ3) is 3.26. The van der Waals surface area contributed by atoms with Gasteiger partial charge in [0.15, 0.2) is 5.38 Å². The minimum absolute atomic E-state index is 0.250. The Balaban J connectivity index is 1.95. The predicted octanol–water partition coefficient (Wildman–Crippen LogP) is 6.54. The fraction of sp³-hybridized carbons (Fsp3) is 0.269. The first-order valence-electron chi connectivity index (χ1n) is 9.88. The molecule has 1 heterocycles. The zero-order valence-electron chi connectivity index (χ0n) is 17.2. The standard InChI is InChI=1S/C26H25ClO2/c1-25(2,17-11-7-5-8-12-17)19-15-20-22(27)24(28)29-23(20)21(16-19)26(3,4)18-13-9-6-10-14-18/h5-16,22H,1-4H3. The van der Waals surface area contributed by atoms with Gasteiger partial charge in [-0.25, -0.2) is 4.79 Å². The fourth-order valence-corrected chi connectivity index (χ4v) is 4.30. The molecule has 0 N–H and O–H groups in total. The van der Waals surface area contributed by atoms with Crippen molar-refractivity contribution in [3.05, 3.63) is 101 Å². The Hall–Kier alpha value is -2.58. The lowest BCUT2D eigenvalue weighted by Gasteiger charge is -2.32. The average molecular weight is 405 g/mol. The first-order valence-corrected chi connectivity index (χ1v) is 10.3. The molecule has 1 aliphatic rings. The van der Waals surface area contributed by atoms with Crippen LogP contribution in [0, 0.1) is 0 Å². The molecule has 1 unspecified atom stereocenters. The molecule has 2 nitrogen and oxygen atoms in total. The number of hydrogen-bond acceptors (Lipinski definition) is 2. The van der Waals surface area contributed by atoms with E-state index in [0.717, 1.165) is 22.3 Å². The van der Waals surface area contributed by atoms with Gasteiger partial charge in [0.2, 0.25) is 0 Å². The lowest BCUT2D eigenvalue weighted by Crippen LogP contribution is -2.24. The van der Waals surface area contributed by atoms with E-state index in [0.29, 0.717) is 5.75 Å². The largest absolute Gasteiger partial charge is 0.424 e. The third-order valence-electron chi connectivity index (χ3n) is 6.19. The van der Waals surface area contributed by atoms with Crippen molar-refractivity contribution in [2.45, 2.75) is 43.9 Å². The van der Waals surface area contributed by atoms with E-state index in [-0.39, 0.29) is 10.8 Å². The van der Waals surface area contributed by atoms with E-state index in [1.807, 2.05) is 30.3 Å². The second-order valence-electron chi connectivity index (χ2n) is 8.71. The molecular formula is C26H25ClO2. The van der Waals surface area contributed by atoms with Gasteiger partial charge in [0.05, 0.1) is 0 Å². The molecule has 29 heavy (non-hydrogen) atoms. The van der Waals surface area contributed by atoms with E-state index >= 15 is 0 Å². The Morgan fingerprint density at radius 1 is 0.759 bits per heavy atom. The maximum absolute atomic E-state index is 12.3. The van der Waals surface area contributed by atoms with Gasteiger partial charge in [0.25, 0.3) is 0 Å². The number of carbonyl (C=O) groups is 1. The van der Waals surface area contributed by atoms with E-state index in [9.17, 15) is 4.79 Å². The zero-order valence-corrected chi connectivity index (χ0v) is 18.0. The molecule has 4 rings (SSSR count). The highest BCUT2D eigenvalue weighted by Crippen LogP contribution is 2.49. The summed E-state index contributed by atoms with van der Waals surface area (Å²) in [7, 11) is 0. The molecule has 0 amide bonds. The van der Waals surface area contributed by atoms with E-state index < -0.39 is 11.3 Å². The third-order valence-corrected chi connectivity index (χ3v) is 6.60. The number of hydrogen-bond donors (Lipinski definition) is 0. The minimum Gasteiger partial charge on any atom is -0.424 e. The molecule has 148 valence electrons. The van der Waals surface area contributed by atoms with Crippen LogP contribution in [0.2, 0.25) is 0 Å². The van der Waals surface area contributed by atoms with Gasteiger partial charge in [-0.1, -0.05) is 94.4 Å². The Kier molecular flexibility index (Phi) is 4.78. The number of halogens is 1. The molecule has 1 aliphatic heterocycles. The normalized spacial score (nSPS) is 16.4. The van der Waals surface area contributed by atoms with E-state index in [2.05, 4.69) is 70.2 Å². The lowest BCUT2D eigenvalue weighted by molar-refractivity contribution is -0.132. The van der Waals surface area contributed by atoms with Crippen LogP contribution >= 0.6 is 11.6 Å². The molecule has 3 aromatic rings. The van der Waals surface area contributed by atoms with Crippen LogP contribution in [0.15, 0.2) is 72.8 Å². The molecule has 0 aromatic heterocycles. The molecule has 1 atom stereocenters. The molecule has 0 saturated carbocycles. The number of alkyl halides is 1. The summed E-state index contributed by atoms with van der Waals surface area (Å²) in [5.41, 5.74) is 4.63. The molecule has 0 bridgehead atoms. The van der Waals surface area contributed by atoms with Gasteiger partial charge in [0, 0.05) is 22.0 Å². The summed E-state index contributed by atoms with van der Waals surface area (Å²) in [5, 5.41) is -0.776. The van der Waals surface area contributed by atoms with Crippen molar-refractivity contribution in [2.75, 3.05) is 0 Å². The van der Waals surface area contributed by atoms with Crippen molar-refractivity contribution in [1.82, 2.24) is 0 Å². The summed E-state index contributed by atoms with van der Waals surface area (Å²) in [4.78, 5) is 12.3. The topological polar surface area (TPSA) is 26.3 Å². The van der Waals surface area contributed by atoms with Crippen LogP contribution in [0.25, 0.3) is 0 Å². The molecule has 0 radical (unpaired) electrons. The Bertz CT molecular complexity index is 1050. The van der Waals surface area contributed by atoms with Crippen molar-refractivity contribution in [3.63, 3.8) is 0 Å². The van der Waals surface area contributed by atoms with Gasteiger partial charge >= 0.3 is 5.97 Å². The van der Waals surface area contributed by atoms with E-state index in [1.165, 1.54) is 5.56 Å². The highest BCUT2D eigenvalue weighted by atomic mass is 35.5. The van der Waals surface area contributed by atoms with Crippen LogP contribution in [-0.4, -0.2) is 5.97 Å². The highest BCUT2D eigenvalue weighted by molar-refractivity contribution is 6.31. The number of rotatable bonds is 4. The molecule has 0 aliphatic carbocycles. The number of ether oxygens (including phenoxy) is 1. The Labute approximate surface area is 177 Å². The second-order valence-corrected chi connectivity index (χ2v) is 9.14. The number of carbonyl (C=O) groups excluding carboxylic acids is 1. The van der Waals surface area contributed by atoms with Crippen molar-refractivity contribution in [1.29, 1.82) is 0 Å². The molecular weight excluding hydrogens is 380 g/mol. The molecule has 3 heteroatoms. The van der Waals surface area contributed by atoms with Crippen LogP contribution in [0.4, 0.5) is 0 Å². The first kappa shape index (κ1) is 19.7. The SMILES string of the molecule is CC(C)(c1ccccc1)c1cc2c(c(C(C)(C)c3ccccc3)c1)OC(=O)C2Cl. The van der Waals surface area contributed by atoms with Crippen molar-refractivity contribution < 1.29 is 9.53 Å². The van der Waals surface area contributed by atoms with Gasteiger partial charge in [-0.3, -0.25) is 0 Å². The van der Waals surface area contributed by atoms with E-state index in [4.69, 9.17) is 16.3 Å². The highest BCUT2D eigenvalue weighted by Gasteiger charge is 2.40. The number of benzene rings is 3. The maximum Gasteiger partial charge on any atom is 0.334 e. The summed E-state index contributed by atoms with van der Waals surface area (Å²) >= 11 is 6.45. The average Bonchev–Trinajstić information content (AvgIpc) is 3.02. The Morgan fingerprint density at radius 2 is 1.28 bits per heavy atom. The predicted molar refractivity (Wildman–Crippen MR) is 118 cm³/mol. The smallest absolute Gasteiger partial charge is 0.334 e. The fourth-order valence-electron chi connectivity index (χ4n) is 4.09.